The molecule has 1 aromatic rings. The third-order valence-electron chi connectivity index (χ3n) is 1.90. The van der Waals surface area contributed by atoms with E-state index in [0.717, 1.165) is 11.6 Å². The predicted octanol–water partition coefficient (Wildman–Crippen LogP) is 0.893. The van der Waals surface area contributed by atoms with Gasteiger partial charge in [-0.1, -0.05) is 17.7 Å². The predicted molar refractivity (Wildman–Crippen MR) is 59.0 cm³/mol. The number of carbonyl (C=O) groups is 2. The fourth-order valence-electron chi connectivity index (χ4n) is 1.06. The number of amides is 1. The molecule has 0 unspecified atom stereocenters. The molecule has 0 saturated carbocycles. The molecular weight excluding hydrogens is 230 g/mol. The summed E-state index contributed by atoms with van der Waals surface area (Å²) in [6, 6.07) is 5.06. The molecule has 1 aromatic carbocycles. The van der Waals surface area contributed by atoms with Crippen molar-refractivity contribution in [3.63, 3.8) is 0 Å². The number of hydrogen-bond donors (Lipinski definition) is 1. The molecule has 1 N–H and O–H groups in total. The van der Waals surface area contributed by atoms with Crippen molar-refractivity contribution in [2.24, 2.45) is 0 Å². The molecule has 1 rings (SSSR count). The fraction of sp³-hybridized carbons (Fsp3) is 0.0909. The van der Waals surface area contributed by atoms with Gasteiger partial charge in [-0.3, -0.25) is 4.79 Å². The Balaban J connectivity index is 2.78. The number of hydrogen-bond acceptors (Lipinski definition) is 3. The van der Waals surface area contributed by atoms with Crippen molar-refractivity contribution in [3.8, 4) is 0 Å². The van der Waals surface area contributed by atoms with E-state index in [0.29, 0.717) is 16.8 Å². The van der Waals surface area contributed by atoms with Crippen LogP contribution in [0.2, 0.25) is 5.02 Å². The maximum atomic E-state index is 11.2. The molecule has 0 radical (unpaired) electrons. The molecule has 4 nitrogen and oxygen atoms in total. The van der Waals surface area contributed by atoms with Crippen molar-refractivity contribution in [2.75, 3.05) is 5.32 Å². The van der Waals surface area contributed by atoms with E-state index in [2.05, 4.69) is 5.32 Å². The molecule has 0 bridgehead atoms. The molecular formula is C11H9ClNO3-. The van der Waals surface area contributed by atoms with Gasteiger partial charge in [0.2, 0.25) is 5.91 Å². The van der Waals surface area contributed by atoms with Crippen LogP contribution in [-0.4, -0.2) is 11.9 Å². The van der Waals surface area contributed by atoms with Crippen LogP contribution in [0.5, 0.6) is 0 Å². The number of anilines is 1. The van der Waals surface area contributed by atoms with Crippen LogP contribution in [0.15, 0.2) is 30.4 Å². The summed E-state index contributed by atoms with van der Waals surface area (Å²) in [7, 11) is 0. The van der Waals surface area contributed by atoms with Gasteiger partial charge in [0, 0.05) is 16.8 Å². The molecule has 0 aliphatic heterocycles. The summed E-state index contributed by atoms with van der Waals surface area (Å²) < 4.78 is 0. The van der Waals surface area contributed by atoms with E-state index >= 15 is 0 Å². The summed E-state index contributed by atoms with van der Waals surface area (Å²) in [5.74, 6) is -1.97. The Labute approximate surface area is 97.5 Å². The molecule has 5 heteroatoms. The molecule has 0 aromatic heterocycles. The number of carboxylic acid groups (broad SMARTS) is 1. The largest absolute Gasteiger partial charge is 0.545 e. The van der Waals surface area contributed by atoms with Gasteiger partial charge >= 0.3 is 0 Å². The molecule has 0 aliphatic carbocycles. The highest BCUT2D eigenvalue weighted by Gasteiger charge is 2.03. The lowest BCUT2D eigenvalue weighted by Gasteiger charge is -2.07. The average molecular weight is 239 g/mol. The van der Waals surface area contributed by atoms with E-state index in [1.165, 1.54) is 0 Å². The van der Waals surface area contributed by atoms with Crippen LogP contribution in [-0.2, 0) is 9.59 Å². The number of carboxylic acids is 1. The second kappa shape index (κ2) is 5.32. The number of halogens is 1. The first kappa shape index (κ1) is 12.3. The van der Waals surface area contributed by atoms with Gasteiger partial charge in [0.25, 0.3) is 0 Å². The number of benzene rings is 1. The minimum absolute atomic E-state index is 0.529. The Hall–Kier alpha value is -1.81. The Morgan fingerprint density at radius 1 is 1.38 bits per heavy atom. The average Bonchev–Trinajstić information content (AvgIpc) is 2.22. The van der Waals surface area contributed by atoms with Crippen LogP contribution in [0.1, 0.15) is 5.56 Å². The first-order chi connectivity index (χ1) is 7.50. The summed E-state index contributed by atoms with van der Waals surface area (Å²) >= 11 is 5.85. The molecule has 16 heavy (non-hydrogen) atoms. The van der Waals surface area contributed by atoms with Gasteiger partial charge in [0.15, 0.2) is 0 Å². The zero-order valence-corrected chi connectivity index (χ0v) is 9.25. The first-order valence-electron chi connectivity index (χ1n) is 4.46. The zero-order valence-electron chi connectivity index (χ0n) is 8.49. The SMILES string of the molecule is Cc1c(Cl)cccc1NC(=O)C=CC(=O)[O-]. The molecule has 0 fully saturated rings. The summed E-state index contributed by atoms with van der Waals surface area (Å²) in [5.41, 5.74) is 1.26. The lowest BCUT2D eigenvalue weighted by atomic mass is 10.2. The van der Waals surface area contributed by atoms with E-state index < -0.39 is 11.9 Å². The molecule has 1 amide bonds. The van der Waals surface area contributed by atoms with Crippen molar-refractivity contribution in [1.29, 1.82) is 0 Å². The second-order valence-corrected chi connectivity index (χ2v) is 3.46. The quantitative estimate of drug-likeness (QED) is 0.796. The monoisotopic (exact) mass is 238 g/mol. The van der Waals surface area contributed by atoms with Crippen LogP contribution in [0.4, 0.5) is 5.69 Å². The standard InChI is InChI=1S/C11H10ClNO3/c1-7-8(12)3-2-4-9(7)13-10(14)5-6-11(15)16/h2-6H,1H3,(H,13,14)(H,15,16)/p-1. The van der Waals surface area contributed by atoms with Crippen LogP contribution in [0.3, 0.4) is 0 Å². The van der Waals surface area contributed by atoms with Crippen molar-refractivity contribution in [3.05, 3.63) is 40.9 Å². The number of aliphatic carboxylic acids is 1. The first-order valence-corrected chi connectivity index (χ1v) is 4.83. The lowest BCUT2D eigenvalue weighted by molar-refractivity contribution is -0.297. The van der Waals surface area contributed by atoms with E-state index in [1.54, 1.807) is 25.1 Å². The Kier molecular flexibility index (Phi) is 4.08. The highest BCUT2D eigenvalue weighted by Crippen LogP contribution is 2.22. The maximum absolute atomic E-state index is 11.2. The van der Waals surface area contributed by atoms with Gasteiger partial charge in [0.1, 0.15) is 0 Å². The van der Waals surface area contributed by atoms with Gasteiger partial charge in [-0.15, -0.1) is 0 Å². The third-order valence-corrected chi connectivity index (χ3v) is 2.31. The Morgan fingerprint density at radius 2 is 2.06 bits per heavy atom. The highest BCUT2D eigenvalue weighted by molar-refractivity contribution is 6.31. The fourth-order valence-corrected chi connectivity index (χ4v) is 1.24. The number of carbonyl (C=O) groups excluding carboxylic acids is 2. The summed E-state index contributed by atoms with van der Waals surface area (Å²) in [5, 5.41) is 13.1. The van der Waals surface area contributed by atoms with E-state index in [-0.39, 0.29) is 0 Å². The van der Waals surface area contributed by atoms with Crippen molar-refractivity contribution < 1.29 is 14.7 Å². The van der Waals surface area contributed by atoms with Crippen molar-refractivity contribution in [1.82, 2.24) is 0 Å². The lowest BCUT2D eigenvalue weighted by Crippen LogP contribution is -2.20. The van der Waals surface area contributed by atoms with E-state index in [9.17, 15) is 14.7 Å². The summed E-state index contributed by atoms with van der Waals surface area (Å²) in [6.07, 6.45) is 1.55. The van der Waals surface area contributed by atoms with Crippen LogP contribution in [0.25, 0.3) is 0 Å². The minimum atomic E-state index is -1.42. The summed E-state index contributed by atoms with van der Waals surface area (Å²) in [6.45, 7) is 1.75. The van der Waals surface area contributed by atoms with Crippen LogP contribution >= 0.6 is 11.6 Å². The van der Waals surface area contributed by atoms with E-state index in [1.807, 2.05) is 0 Å². The molecule has 0 spiro atoms. The minimum Gasteiger partial charge on any atom is -0.545 e. The molecule has 84 valence electrons. The Bertz CT molecular complexity index is 455. The van der Waals surface area contributed by atoms with Gasteiger partial charge in [-0.25, -0.2) is 0 Å². The van der Waals surface area contributed by atoms with Gasteiger partial charge in [-0.2, -0.15) is 0 Å². The van der Waals surface area contributed by atoms with Gasteiger partial charge in [-0.05, 0) is 30.7 Å². The number of rotatable bonds is 3. The second-order valence-electron chi connectivity index (χ2n) is 3.05. The topological polar surface area (TPSA) is 69.2 Å². The van der Waals surface area contributed by atoms with Gasteiger partial charge < -0.3 is 15.2 Å². The van der Waals surface area contributed by atoms with Crippen LogP contribution < -0.4 is 10.4 Å². The normalized spacial score (nSPS) is 10.4. The van der Waals surface area contributed by atoms with E-state index in [4.69, 9.17) is 11.6 Å². The maximum Gasteiger partial charge on any atom is 0.248 e. The highest BCUT2D eigenvalue weighted by atomic mass is 35.5. The zero-order chi connectivity index (χ0) is 12.1. The van der Waals surface area contributed by atoms with Crippen LogP contribution in [0, 0.1) is 6.92 Å². The molecule has 0 atom stereocenters. The summed E-state index contributed by atoms with van der Waals surface area (Å²) in [4.78, 5) is 21.3. The smallest absolute Gasteiger partial charge is 0.248 e. The molecule has 0 saturated heterocycles. The Morgan fingerprint density at radius 3 is 2.69 bits per heavy atom. The molecule has 0 aliphatic rings. The molecule has 0 heterocycles. The van der Waals surface area contributed by atoms with Crippen molar-refractivity contribution in [2.45, 2.75) is 6.92 Å². The number of nitrogens with one attached hydrogen (secondary N) is 1. The third kappa shape index (κ3) is 3.40. The van der Waals surface area contributed by atoms with Gasteiger partial charge in [0.05, 0.1) is 5.97 Å². The van der Waals surface area contributed by atoms with Crippen molar-refractivity contribution >= 4 is 29.2 Å².